The molecule has 1 aliphatic rings. The summed E-state index contributed by atoms with van der Waals surface area (Å²) < 4.78 is 13.2. The minimum atomic E-state index is -1.27. The third-order valence-electron chi connectivity index (χ3n) is 3.42. The van der Waals surface area contributed by atoms with Crippen LogP contribution < -0.4 is 9.47 Å². The molecule has 0 spiro atoms. The van der Waals surface area contributed by atoms with Crippen molar-refractivity contribution in [2.45, 2.75) is 26.1 Å². The summed E-state index contributed by atoms with van der Waals surface area (Å²) in [5, 5.41) is 0. The Morgan fingerprint density at radius 2 is 1.67 bits per heavy atom. The summed E-state index contributed by atoms with van der Waals surface area (Å²) in [5.41, 5.74) is 2.61. The second kappa shape index (κ2) is 4.76. The molecule has 1 heterocycles. The van der Waals surface area contributed by atoms with Crippen LogP contribution in [0.2, 0.25) is 19.6 Å². The van der Waals surface area contributed by atoms with E-state index in [9.17, 15) is 0 Å². The summed E-state index contributed by atoms with van der Waals surface area (Å²) in [6, 6.07) is 4.19. The smallest absolute Gasteiger partial charge is 0.348 e. The number of rotatable bonds is 3. The Labute approximate surface area is 110 Å². The van der Waals surface area contributed by atoms with Crippen LogP contribution in [0, 0.1) is 0 Å². The molecule has 98 valence electrons. The van der Waals surface area contributed by atoms with Gasteiger partial charge in [-0.25, -0.2) is 0 Å². The molecule has 0 aromatic heterocycles. The van der Waals surface area contributed by atoms with E-state index in [0.717, 1.165) is 24.5 Å². The van der Waals surface area contributed by atoms with Gasteiger partial charge in [0.1, 0.15) is 12.8 Å². The van der Waals surface area contributed by atoms with Crippen LogP contribution in [0.15, 0.2) is 12.1 Å². The molecule has 0 bridgehead atoms. The zero-order chi connectivity index (χ0) is 13.3. The Morgan fingerprint density at radius 3 is 2.22 bits per heavy atom. The summed E-state index contributed by atoms with van der Waals surface area (Å²) >= 11 is 0. The number of fused-ring (bicyclic) bond motifs is 1. The monoisotopic (exact) mass is 264 g/mol. The predicted octanol–water partition coefficient (Wildman–Crippen LogP) is 2.53. The van der Waals surface area contributed by atoms with Gasteiger partial charge in [0.2, 0.25) is 0 Å². The van der Waals surface area contributed by atoms with Crippen molar-refractivity contribution < 1.29 is 13.7 Å². The largest absolute Gasteiger partial charge is 0.493 e. The van der Waals surface area contributed by atoms with Crippen LogP contribution in [0.3, 0.4) is 0 Å². The number of hydrogen-bond acceptors (Lipinski definition) is 2. The molecule has 4 heteroatoms. The molecule has 0 radical (unpaired) electrons. The zero-order valence-corrected chi connectivity index (χ0v) is 12.9. The second-order valence-corrected chi connectivity index (χ2v) is 10.6. The van der Waals surface area contributed by atoms with E-state index in [4.69, 9.17) is 9.47 Å². The van der Waals surface area contributed by atoms with Crippen LogP contribution in [0.1, 0.15) is 11.1 Å². The van der Waals surface area contributed by atoms with Gasteiger partial charge >= 0.3 is 8.24 Å². The van der Waals surface area contributed by atoms with Crippen molar-refractivity contribution in [3.63, 3.8) is 0 Å². The fraction of sp³-hybridized carbons (Fsp3) is 0.500. The lowest BCUT2D eigenvalue weighted by atomic mass is 10.0. The van der Waals surface area contributed by atoms with E-state index >= 15 is 0 Å². The molecule has 0 saturated heterocycles. The number of methoxy groups -OCH3 is 2. The highest BCUT2D eigenvalue weighted by Gasteiger charge is 2.32. The fourth-order valence-electron chi connectivity index (χ4n) is 2.28. The molecule has 1 aromatic carbocycles. The van der Waals surface area contributed by atoms with Crippen molar-refractivity contribution in [3.05, 3.63) is 23.3 Å². The van der Waals surface area contributed by atoms with Gasteiger partial charge in [0.15, 0.2) is 11.5 Å². The fourth-order valence-corrected chi connectivity index (χ4v) is 3.58. The quantitative estimate of drug-likeness (QED) is 0.782. The average Bonchev–Trinajstić information content (AvgIpc) is 2.35. The van der Waals surface area contributed by atoms with E-state index in [1.165, 1.54) is 11.1 Å². The number of ether oxygens (including phenoxy) is 2. The maximum Gasteiger partial charge on any atom is 0.348 e. The highest BCUT2D eigenvalue weighted by atomic mass is 28.3. The molecule has 2 rings (SSSR count). The summed E-state index contributed by atoms with van der Waals surface area (Å²) in [6.45, 7) is 8.22. The Balaban J connectivity index is 2.47. The Kier molecular flexibility index (Phi) is 3.48. The van der Waals surface area contributed by atoms with Crippen molar-refractivity contribution in [1.29, 1.82) is 0 Å². The lowest BCUT2D eigenvalue weighted by molar-refractivity contribution is -0.394. The van der Waals surface area contributed by atoms with Gasteiger partial charge in [-0.05, 0) is 37.3 Å². The van der Waals surface area contributed by atoms with Crippen LogP contribution in [-0.4, -0.2) is 39.5 Å². The van der Waals surface area contributed by atoms with Crippen molar-refractivity contribution in [3.8, 4) is 11.5 Å². The summed E-state index contributed by atoms with van der Waals surface area (Å²) in [4.78, 5) is 0. The van der Waals surface area contributed by atoms with Crippen LogP contribution in [0.25, 0.3) is 0 Å². The first-order valence-corrected chi connectivity index (χ1v) is 9.77. The Hall–Kier alpha value is -1.29. The van der Waals surface area contributed by atoms with Gasteiger partial charge in [-0.15, -0.1) is 0 Å². The lowest BCUT2D eigenvalue weighted by Gasteiger charge is -2.21. The number of nitrogens with zero attached hydrogens (tertiary/aromatic N) is 1. The molecule has 0 saturated carbocycles. The molecular weight excluding hydrogens is 242 g/mol. The van der Waals surface area contributed by atoms with Gasteiger partial charge in [-0.2, -0.15) is 0 Å². The topological polar surface area (TPSA) is 21.5 Å². The Morgan fingerprint density at radius 1 is 1.06 bits per heavy atom. The first-order valence-electron chi connectivity index (χ1n) is 6.32. The zero-order valence-electron chi connectivity index (χ0n) is 11.9. The molecule has 18 heavy (non-hydrogen) atoms. The maximum atomic E-state index is 5.37. The number of benzene rings is 1. The normalized spacial score (nSPS) is 14.8. The van der Waals surface area contributed by atoms with Crippen LogP contribution in [0.5, 0.6) is 11.5 Å². The maximum absolute atomic E-state index is 5.37. The van der Waals surface area contributed by atoms with E-state index < -0.39 is 8.24 Å². The highest BCUT2D eigenvalue weighted by molar-refractivity contribution is 6.68. The first-order chi connectivity index (χ1) is 8.45. The van der Waals surface area contributed by atoms with E-state index in [2.05, 4.69) is 42.2 Å². The van der Waals surface area contributed by atoms with E-state index in [1.54, 1.807) is 14.2 Å². The second-order valence-electron chi connectivity index (χ2n) is 5.65. The molecule has 0 N–H and O–H groups in total. The summed E-state index contributed by atoms with van der Waals surface area (Å²) in [5.74, 6) is 1.64. The van der Waals surface area contributed by atoms with E-state index in [1.807, 2.05) is 0 Å². The minimum Gasteiger partial charge on any atom is -0.493 e. The SMILES string of the molecule is COc1cc2c(cc1OC)CC[N+]([Si](C)(C)C)=C2. The van der Waals surface area contributed by atoms with Gasteiger partial charge < -0.3 is 13.7 Å². The molecule has 3 nitrogen and oxygen atoms in total. The van der Waals surface area contributed by atoms with Gasteiger partial charge in [0.05, 0.1) is 14.2 Å². The van der Waals surface area contributed by atoms with Crippen molar-refractivity contribution >= 4 is 14.5 Å². The predicted molar refractivity (Wildman–Crippen MR) is 76.9 cm³/mol. The third-order valence-corrected chi connectivity index (χ3v) is 5.50. The molecule has 0 unspecified atom stereocenters. The average molecular weight is 264 g/mol. The van der Waals surface area contributed by atoms with E-state index in [0.29, 0.717) is 0 Å². The van der Waals surface area contributed by atoms with Crippen molar-refractivity contribution in [2.75, 3.05) is 20.8 Å². The van der Waals surface area contributed by atoms with Crippen LogP contribution in [-0.2, 0) is 6.42 Å². The highest BCUT2D eigenvalue weighted by Crippen LogP contribution is 2.31. The van der Waals surface area contributed by atoms with Crippen LogP contribution >= 0.6 is 0 Å². The number of hydrogen-bond donors (Lipinski definition) is 0. The van der Waals surface area contributed by atoms with Crippen molar-refractivity contribution in [2.24, 2.45) is 0 Å². The van der Waals surface area contributed by atoms with E-state index in [-0.39, 0.29) is 0 Å². The Bertz CT molecular complexity index is 489. The molecule has 0 atom stereocenters. The van der Waals surface area contributed by atoms with Gasteiger partial charge in [-0.3, -0.25) is 0 Å². The molecule has 0 fully saturated rings. The molecule has 0 amide bonds. The van der Waals surface area contributed by atoms with Gasteiger partial charge in [0.25, 0.3) is 0 Å². The van der Waals surface area contributed by atoms with Gasteiger partial charge in [0, 0.05) is 12.0 Å². The molecular formula is C14H22NO2Si+. The van der Waals surface area contributed by atoms with Crippen LogP contribution in [0.4, 0.5) is 0 Å². The molecule has 1 aliphatic heterocycles. The molecule has 0 aliphatic carbocycles. The summed E-state index contributed by atoms with van der Waals surface area (Å²) in [7, 11) is 2.10. The first kappa shape index (κ1) is 13.1. The summed E-state index contributed by atoms with van der Waals surface area (Å²) in [6.07, 6.45) is 3.36. The molecule has 1 aromatic rings. The lowest BCUT2D eigenvalue weighted by Crippen LogP contribution is -2.42. The minimum absolute atomic E-state index is 0.810. The standard InChI is InChI=1S/C14H22NO2Si/c1-16-13-8-11-6-7-15(18(3,4)5)10-12(11)9-14(13)17-2/h8-10H,6-7H2,1-5H3/q+1. The van der Waals surface area contributed by atoms with Gasteiger partial charge in [-0.1, -0.05) is 0 Å². The van der Waals surface area contributed by atoms with Crippen molar-refractivity contribution in [1.82, 2.24) is 0 Å². The third kappa shape index (κ3) is 2.43.